The minimum Gasteiger partial charge on any atom is -0.474 e. The molecule has 1 rings (SSSR count). The molecule has 112 valence electrons. The lowest BCUT2D eigenvalue weighted by molar-refractivity contribution is -0.137. The van der Waals surface area contributed by atoms with Crippen molar-refractivity contribution in [3.8, 4) is 0 Å². The molecule has 7 heteroatoms. The van der Waals surface area contributed by atoms with Crippen LogP contribution in [0.15, 0.2) is 29.3 Å². The van der Waals surface area contributed by atoms with Crippen molar-refractivity contribution >= 4 is 44.4 Å². The van der Waals surface area contributed by atoms with Gasteiger partial charge in [-0.3, -0.25) is 0 Å². The van der Waals surface area contributed by atoms with Gasteiger partial charge in [-0.25, -0.2) is 4.99 Å². The molecule has 0 aliphatic heterocycles. The predicted molar refractivity (Wildman–Crippen MR) is 85.8 cm³/mol. The van der Waals surface area contributed by atoms with Crippen LogP contribution in [0.25, 0.3) is 0 Å². The van der Waals surface area contributed by atoms with Gasteiger partial charge < -0.3 is 4.74 Å². The third kappa shape index (κ3) is 5.59. The van der Waals surface area contributed by atoms with E-state index in [-0.39, 0.29) is 10.2 Å². The van der Waals surface area contributed by atoms with Gasteiger partial charge in [0.05, 0.1) is 5.56 Å². The van der Waals surface area contributed by atoms with Crippen LogP contribution in [0.4, 0.5) is 13.2 Å². The Morgan fingerprint density at radius 3 is 2.25 bits per heavy atom. The Hall–Kier alpha value is -0.310. The molecule has 1 aromatic rings. The van der Waals surface area contributed by atoms with Crippen LogP contribution < -0.4 is 0 Å². The molecule has 20 heavy (non-hydrogen) atoms. The summed E-state index contributed by atoms with van der Waals surface area (Å²) in [5.74, 6) is 0.354. The molecule has 0 fully saturated rings. The van der Waals surface area contributed by atoms with Crippen LogP contribution in [0.1, 0.15) is 25.0 Å². The first kappa shape index (κ1) is 17.7. The fraction of sp³-hybridized carbons (Fsp3) is 0.462. The molecule has 2 unspecified atom stereocenters. The van der Waals surface area contributed by atoms with Gasteiger partial charge in [0.2, 0.25) is 5.90 Å². The van der Waals surface area contributed by atoms with Crippen LogP contribution in [0.2, 0.25) is 0 Å². The van der Waals surface area contributed by atoms with Gasteiger partial charge in [0.25, 0.3) is 0 Å². The summed E-state index contributed by atoms with van der Waals surface area (Å²) in [6.07, 6.45) is -4.46. The van der Waals surface area contributed by atoms with Gasteiger partial charge in [-0.1, -0.05) is 38.5 Å². The largest absolute Gasteiger partial charge is 0.474 e. The van der Waals surface area contributed by atoms with Crippen LogP contribution in [-0.4, -0.2) is 21.4 Å². The first-order valence-electron chi connectivity index (χ1n) is 5.86. The van der Waals surface area contributed by atoms with Crippen molar-refractivity contribution in [1.29, 1.82) is 0 Å². The van der Waals surface area contributed by atoms with Crippen LogP contribution in [0, 0.1) is 0 Å². The summed E-state index contributed by atoms with van der Waals surface area (Å²) in [7, 11) is 0. The zero-order valence-electron chi connectivity index (χ0n) is 10.9. The average molecular weight is 464 g/mol. The Labute approximate surface area is 138 Å². The maximum absolute atomic E-state index is 12.5. The minimum atomic E-state index is -4.34. The number of rotatable bonds is 4. The Bertz CT molecular complexity index is 460. The predicted octanol–water partition coefficient (Wildman–Crippen LogP) is 5.03. The van der Waals surface area contributed by atoms with Gasteiger partial charge in [0, 0.05) is 10.9 Å². The highest BCUT2D eigenvalue weighted by atomic mass is 127. The van der Waals surface area contributed by atoms with E-state index in [4.69, 9.17) is 4.74 Å². The monoisotopic (exact) mass is 463 g/mol. The third-order valence-electron chi connectivity index (χ3n) is 2.28. The normalized spacial score (nSPS) is 15.8. The number of benzene rings is 1. The molecule has 0 N–H and O–H groups in total. The maximum Gasteiger partial charge on any atom is 0.416 e. The fourth-order valence-corrected chi connectivity index (χ4v) is 1.74. The average Bonchev–Trinajstić information content (AvgIpc) is 2.36. The molecule has 0 radical (unpaired) electrons. The smallest absolute Gasteiger partial charge is 0.416 e. The van der Waals surface area contributed by atoms with Crippen LogP contribution in [0.3, 0.4) is 0 Å². The molecule has 0 aliphatic carbocycles. The van der Waals surface area contributed by atoms with E-state index < -0.39 is 11.7 Å². The van der Waals surface area contributed by atoms with Crippen molar-refractivity contribution in [3.05, 3.63) is 35.4 Å². The second-order valence-electron chi connectivity index (χ2n) is 4.17. The summed E-state index contributed by atoms with van der Waals surface area (Å²) in [6, 6.07) is 4.82. The maximum atomic E-state index is 12.5. The van der Waals surface area contributed by atoms with Crippen molar-refractivity contribution in [1.82, 2.24) is 0 Å². The van der Waals surface area contributed by atoms with Crippen molar-refractivity contribution in [2.75, 3.05) is 5.33 Å². The Balaban J connectivity index is 3.03. The van der Waals surface area contributed by atoms with E-state index in [1.165, 1.54) is 12.1 Å². The topological polar surface area (TPSA) is 21.6 Å². The van der Waals surface area contributed by atoms with Crippen molar-refractivity contribution < 1.29 is 17.9 Å². The van der Waals surface area contributed by atoms with E-state index >= 15 is 0 Å². The van der Waals surface area contributed by atoms with Gasteiger partial charge in [-0.15, -0.1) is 0 Å². The number of halogens is 5. The lowest BCUT2D eigenvalue weighted by Crippen LogP contribution is -2.18. The molecule has 0 saturated carbocycles. The summed E-state index contributed by atoms with van der Waals surface area (Å²) >= 11 is 5.39. The van der Waals surface area contributed by atoms with Crippen LogP contribution in [0.5, 0.6) is 0 Å². The van der Waals surface area contributed by atoms with Gasteiger partial charge >= 0.3 is 6.18 Å². The first-order valence-corrected chi connectivity index (χ1v) is 8.23. The van der Waals surface area contributed by atoms with Gasteiger partial charge in [0.1, 0.15) is 10.2 Å². The highest BCUT2D eigenvalue weighted by molar-refractivity contribution is 14.1. The highest BCUT2D eigenvalue weighted by Gasteiger charge is 2.30. The van der Waals surface area contributed by atoms with Crippen LogP contribution in [-0.2, 0) is 10.9 Å². The summed E-state index contributed by atoms with van der Waals surface area (Å²) in [4.78, 5) is 4.31. The van der Waals surface area contributed by atoms with Crippen molar-refractivity contribution in [3.63, 3.8) is 0 Å². The Morgan fingerprint density at radius 2 is 1.85 bits per heavy atom. The molecule has 0 amide bonds. The van der Waals surface area contributed by atoms with Gasteiger partial charge in [-0.05, 0) is 38.1 Å². The summed E-state index contributed by atoms with van der Waals surface area (Å²) in [5.41, 5.74) is -0.147. The second-order valence-corrected chi connectivity index (χ2v) is 6.62. The zero-order chi connectivity index (χ0) is 15.3. The number of ether oxygens (including phenoxy) is 1. The standard InChI is InChI=1S/C13H14BrF3INO/c1-8(7-14)20-12(19-9(2)18)10-3-5-11(6-4-10)13(15,16)17/h3-6,8-9H,7H2,1-2H3/b19-12-. The van der Waals surface area contributed by atoms with Crippen molar-refractivity contribution in [2.45, 2.75) is 30.2 Å². The van der Waals surface area contributed by atoms with E-state index in [1.54, 1.807) is 0 Å². The van der Waals surface area contributed by atoms with E-state index in [0.717, 1.165) is 12.1 Å². The molecular formula is C13H14BrF3INO. The molecule has 0 aromatic heterocycles. The van der Waals surface area contributed by atoms with Gasteiger partial charge in [-0.2, -0.15) is 13.2 Å². The number of aliphatic imine (C=N–C) groups is 1. The molecule has 2 atom stereocenters. The quantitative estimate of drug-likeness (QED) is 0.202. The highest BCUT2D eigenvalue weighted by Crippen LogP contribution is 2.29. The molecular weight excluding hydrogens is 450 g/mol. The van der Waals surface area contributed by atoms with Gasteiger partial charge in [0.15, 0.2) is 0 Å². The van der Waals surface area contributed by atoms with E-state index in [9.17, 15) is 13.2 Å². The lowest BCUT2D eigenvalue weighted by Gasteiger charge is -2.16. The number of hydrogen-bond acceptors (Lipinski definition) is 2. The molecule has 0 aliphatic rings. The Kier molecular flexibility index (Phi) is 6.77. The molecule has 1 aromatic carbocycles. The van der Waals surface area contributed by atoms with E-state index in [1.807, 2.05) is 13.8 Å². The Morgan fingerprint density at radius 1 is 1.30 bits per heavy atom. The molecule has 0 bridgehead atoms. The number of nitrogens with zero attached hydrogens (tertiary/aromatic N) is 1. The first-order chi connectivity index (χ1) is 9.24. The molecule has 2 nitrogen and oxygen atoms in total. The summed E-state index contributed by atoms with van der Waals surface area (Å²) < 4.78 is 43.2. The van der Waals surface area contributed by atoms with Crippen molar-refractivity contribution in [2.24, 2.45) is 4.99 Å². The fourth-order valence-electron chi connectivity index (χ4n) is 1.36. The minimum absolute atomic E-state index is 0.0348. The number of alkyl halides is 5. The molecule has 0 saturated heterocycles. The number of hydrogen-bond donors (Lipinski definition) is 0. The summed E-state index contributed by atoms with van der Waals surface area (Å²) in [6.45, 7) is 3.72. The SMILES string of the molecule is CC(I)/N=C(\OC(C)CBr)c1ccc(C(F)(F)F)cc1. The molecule has 0 heterocycles. The van der Waals surface area contributed by atoms with E-state index in [2.05, 4.69) is 43.5 Å². The lowest BCUT2D eigenvalue weighted by atomic mass is 10.1. The summed E-state index contributed by atoms with van der Waals surface area (Å²) in [5, 5.41) is 0.613. The molecule has 0 spiro atoms. The van der Waals surface area contributed by atoms with Crippen LogP contribution >= 0.6 is 38.5 Å². The van der Waals surface area contributed by atoms with E-state index in [0.29, 0.717) is 16.8 Å². The third-order valence-corrected chi connectivity index (χ3v) is 3.47. The second kappa shape index (κ2) is 7.63. The zero-order valence-corrected chi connectivity index (χ0v) is 14.7.